The van der Waals surface area contributed by atoms with Gasteiger partial charge >= 0.3 is 0 Å². The van der Waals surface area contributed by atoms with Gasteiger partial charge in [0.05, 0.1) is 5.16 Å². The van der Waals surface area contributed by atoms with Crippen LogP contribution < -0.4 is 0 Å². The Morgan fingerprint density at radius 1 is 0.478 bits per heavy atom. The van der Waals surface area contributed by atoms with Crippen molar-refractivity contribution in [3.8, 4) is 0 Å². The second-order valence-corrected chi connectivity index (χ2v) is 7.50. The number of hydrogen-bond donors (Lipinski definition) is 0. The van der Waals surface area contributed by atoms with Crippen molar-refractivity contribution in [1.82, 2.24) is 0 Å². The van der Waals surface area contributed by atoms with Crippen LogP contribution in [0.1, 0.15) is 16.7 Å². The molecule has 0 aliphatic heterocycles. The van der Waals surface area contributed by atoms with E-state index < -0.39 is 5.16 Å². The highest BCUT2D eigenvalue weighted by atomic mass is 35.5. The van der Waals surface area contributed by atoms with E-state index in [1.807, 2.05) is 72.8 Å². The van der Waals surface area contributed by atoms with Gasteiger partial charge in [0.25, 0.3) is 0 Å². The second kappa shape index (κ2) is 6.83. The maximum Gasteiger partial charge on any atom is 0.0591 e. The Morgan fingerprint density at radius 2 is 0.696 bits per heavy atom. The van der Waals surface area contributed by atoms with Gasteiger partial charge in [0.15, 0.2) is 0 Å². The first-order valence-electron chi connectivity index (χ1n) is 7.07. The molecular formula is C19H14Cl3P. The summed E-state index contributed by atoms with van der Waals surface area (Å²) >= 11 is 18.2. The van der Waals surface area contributed by atoms with E-state index in [0.29, 0.717) is 15.1 Å². The average Bonchev–Trinajstić information content (AvgIpc) is 2.56. The molecule has 3 rings (SSSR count). The standard InChI is InChI=1S/C19H14Cl3P/c20-16-7-1-13(2-8-16)19(23,14-3-9-17(21)10-4-14)15-5-11-18(22)12-6-15/h1-12H,23H2. The van der Waals surface area contributed by atoms with Crippen LogP contribution in [0.15, 0.2) is 72.8 Å². The summed E-state index contributed by atoms with van der Waals surface area (Å²) < 4.78 is 0. The molecule has 0 saturated heterocycles. The van der Waals surface area contributed by atoms with E-state index in [1.165, 1.54) is 0 Å². The van der Waals surface area contributed by atoms with Crippen LogP contribution in [0.3, 0.4) is 0 Å². The molecule has 0 bridgehead atoms. The largest absolute Gasteiger partial charge is 0.117 e. The Morgan fingerprint density at radius 3 is 0.913 bits per heavy atom. The van der Waals surface area contributed by atoms with Gasteiger partial charge in [-0.1, -0.05) is 71.2 Å². The van der Waals surface area contributed by atoms with Crippen LogP contribution >= 0.6 is 44.0 Å². The van der Waals surface area contributed by atoms with Crippen LogP contribution in [0.2, 0.25) is 15.1 Å². The Kier molecular flexibility index (Phi) is 4.99. The lowest BCUT2D eigenvalue weighted by Gasteiger charge is -2.32. The molecule has 0 aliphatic rings. The van der Waals surface area contributed by atoms with Gasteiger partial charge in [-0.3, -0.25) is 0 Å². The van der Waals surface area contributed by atoms with Gasteiger partial charge in [-0.2, -0.15) is 0 Å². The summed E-state index contributed by atoms with van der Waals surface area (Å²) in [4.78, 5) is 0. The number of benzene rings is 3. The quantitative estimate of drug-likeness (QED) is 0.346. The van der Waals surface area contributed by atoms with Crippen molar-refractivity contribution in [3.63, 3.8) is 0 Å². The predicted molar refractivity (Wildman–Crippen MR) is 104 cm³/mol. The molecule has 0 fully saturated rings. The summed E-state index contributed by atoms with van der Waals surface area (Å²) in [7, 11) is 2.98. The zero-order valence-corrected chi connectivity index (χ0v) is 15.6. The van der Waals surface area contributed by atoms with E-state index in [1.54, 1.807) is 0 Å². The summed E-state index contributed by atoms with van der Waals surface area (Å²) in [6, 6.07) is 23.7. The van der Waals surface area contributed by atoms with Crippen molar-refractivity contribution in [2.45, 2.75) is 5.16 Å². The number of halogens is 3. The van der Waals surface area contributed by atoms with E-state index in [-0.39, 0.29) is 0 Å². The molecule has 3 aromatic carbocycles. The van der Waals surface area contributed by atoms with Crippen molar-refractivity contribution in [2.75, 3.05) is 0 Å². The molecule has 23 heavy (non-hydrogen) atoms. The van der Waals surface area contributed by atoms with Crippen molar-refractivity contribution >= 4 is 44.0 Å². The van der Waals surface area contributed by atoms with Crippen molar-refractivity contribution in [2.24, 2.45) is 0 Å². The van der Waals surface area contributed by atoms with Gasteiger partial charge in [-0.15, -0.1) is 9.24 Å². The molecule has 0 radical (unpaired) electrons. The van der Waals surface area contributed by atoms with Gasteiger partial charge in [-0.25, -0.2) is 0 Å². The lowest BCUT2D eigenvalue weighted by Crippen LogP contribution is -2.21. The molecule has 0 N–H and O–H groups in total. The molecular weight excluding hydrogens is 366 g/mol. The van der Waals surface area contributed by atoms with E-state index in [2.05, 4.69) is 9.24 Å². The fraction of sp³-hybridized carbons (Fsp3) is 0.0526. The van der Waals surface area contributed by atoms with E-state index in [0.717, 1.165) is 16.7 Å². The van der Waals surface area contributed by atoms with Gasteiger partial charge in [0.1, 0.15) is 0 Å². The van der Waals surface area contributed by atoms with Crippen molar-refractivity contribution in [1.29, 1.82) is 0 Å². The fourth-order valence-electron chi connectivity index (χ4n) is 2.64. The van der Waals surface area contributed by atoms with Gasteiger partial charge in [0.2, 0.25) is 0 Å². The van der Waals surface area contributed by atoms with Crippen LogP contribution in [-0.4, -0.2) is 0 Å². The molecule has 0 heterocycles. The molecule has 0 spiro atoms. The van der Waals surface area contributed by atoms with Crippen LogP contribution in [0.5, 0.6) is 0 Å². The summed E-state index contributed by atoms with van der Waals surface area (Å²) in [5.41, 5.74) is 3.37. The highest BCUT2D eigenvalue weighted by molar-refractivity contribution is 7.19. The van der Waals surface area contributed by atoms with E-state index >= 15 is 0 Å². The first-order valence-corrected chi connectivity index (χ1v) is 8.78. The Labute approximate surface area is 153 Å². The smallest absolute Gasteiger partial charge is 0.0591 e. The highest BCUT2D eigenvalue weighted by Crippen LogP contribution is 2.45. The minimum absolute atomic E-state index is 0.403. The third-order valence-corrected chi connectivity index (χ3v) is 5.65. The minimum Gasteiger partial charge on any atom is -0.117 e. The zero-order chi connectivity index (χ0) is 16.4. The molecule has 1 atom stereocenters. The molecule has 0 aromatic heterocycles. The van der Waals surface area contributed by atoms with Crippen LogP contribution in [0.25, 0.3) is 0 Å². The monoisotopic (exact) mass is 378 g/mol. The highest BCUT2D eigenvalue weighted by Gasteiger charge is 2.31. The van der Waals surface area contributed by atoms with Gasteiger partial charge < -0.3 is 0 Å². The average molecular weight is 380 g/mol. The molecule has 1 unspecified atom stereocenters. The fourth-order valence-corrected chi connectivity index (χ4v) is 3.59. The van der Waals surface area contributed by atoms with Crippen LogP contribution in [0.4, 0.5) is 0 Å². The maximum atomic E-state index is 6.05. The third kappa shape index (κ3) is 3.42. The summed E-state index contributed by atoms with van der Waals surface area (Å²) in [6.07, 6.45) is 0. The summed E-state index contributed by atoms with van der Waals surface area (Å²) in [6.45, 7) is 0. The topological polar surface area (TPSA) is 0 Å². The number of rotatable bonds is 3. The second-order valence-electron chi connectivity index (χ2n) is 5.33. The van der Waals surface area contributed by atoms with Gasteiger partial charge in [0, 0.05) is 15.1 Å². The third-order valence-electron chi connectivity index (χ3n) is 3.90. The van der Waals surface area contributed by atoms with Crippen LogP contribution in [0, 0.1) is 0 Å². The molecule has 3 aromatic rings. The maximum absolute atomic E-state index is 6.05. The summed E-state index contributed by atoms with van der Waals surface area (Å²) in [5, 5.41) is 1.75. The lowest BCUT2D eigenvalue weighted by molar-refractivity contribution is 0.897. The number of hydrogen-bond acceptors (Lipinski definition) is 0. The van der Waals surface area contributed by atoms with Crippen molar-refractivity contribution in [3.05, 3.63) is 105 Å². The first-order chi connectivity index (χ1) is 11.0. The predicted octanol–water partition coefficient (Wildman–Crippen LogP) is 6.81. The van der Waals surface area contributed by atoms with E-state index in [9.17, 15) is 0 Å². The minimum atomic E-state index is -0.403. The van der Waals surface area contributed by atoms with Gasteiger partial charge in [-0.05, 0) is 53.1 Å². The zero-order valence-electron chi connectivity index (χ0n) is 12.1. The van der Waals surface area contributed by atoms with E-state index in [4.69, 9.17) is 34.8 Å². The Balaban J connectivity index is 2.21. The Bertz CT molecular complexity index is 683. The van der Waals surface area contributed by atoms with Crippen LogP contribution in [-0.2, 0) is 5.16 Å². The molecule has 116 valence electrons. The molecule has 0 saturated carbocycles. The first kappa shape index (κ1) is 16.8. The molecule has 0 aliphatic carbocycles. The summed E-state index contributed by atoms with van der Waals surface area (Å²) in [5.74, 6) is 0. The Hall–Kier alpha value is -1.04. The molecule has 0 nitrogen and oxygen atoms in total. The van der Waals surface area contributed by atoms with Crippen molar-refractivity contribution < 1.29 is 0 Å². The molecule has 4 heteroatoms. The SMILES string of the molecule is PC(c1ccc(Cl)cc1)(c1ccc(Cl)cc1)c1ccc(Cl)cc1. The normalized spacial score (nSPS) is 11.5. The lowest BCUT2D eigenvalue weighted by atomic mass is 9.84. The molecule has 0 amide bonds.